The van der Waals surface area contributed by atoms with Gasteiger partial charge in [0.05, 0.1) is 11.6 Å². The van der Waals surface area contributed by atoms with E-state index >= 15 is 0 Å². The number of benzene rings is 1. The van der Waals surface area contributed by atoms with Crippen molar-refractivity contribution in [3.05, 3.63) is 29.8 Å². The molecular weight excluding hydrogens is 180 g/mol. The summed E-state index contributed by atoms with van der Waals surface area (Å²) in [6.07, 6.45) is 1.50. The van der Waals surface area contributed by atoms with Crippen LogP contribution in [0.2, 0.25) is 0 Å². The molecule has 0 aliphatic heterocycles. The van der Waals surface area contributed by atoms with Crippen LogP contribution < -0.4 is 10.6 Å². The first kappa shape index (κ1) is 9.56. The molecule has 5 heteroatoms. The molecule has 0 fully saturated rings. The maximum absolute atomic E-state index is 10.9. The first-order valence-corrected chi connectivity index (χ1v) is 3.72. The van der Waals surface area contributed by atoms with Gasteiger partial charge in [-0.2, -0.15) is 10.5 Å². The second kappa shape index (κ2) is 4.48. The SMILES string of the molecule is N#CNC(=O)Nc1ccc(C#N)cc1. The molecule has 0 aliphatic carbocycles. The molecule has 0 saturated heterocycles. The van der Waals surface area contributed by atoms with E-state index in [0.717, 1.165) is 0 Å². The summed E-state index contributed by atoms with van der Waals surface area (Å²) in [5, 5.41) is 21.0. The zero-order valence-corrected chi connectivity index (χ0v) is 7.11. The van der Waals surface area contributed by atoms with E-state index in [9.17, 15) is 4.79 Å². The van der Waals surface area contributed by atoms with Crippen molar-refractivity contribution in [3.8, 4) is 12.3 Å². The molecule has 0 atom stereocenters. The largest absolute Gasteiger partial charge is 0.332 e. The molecule has 0 spiro atoms. The van der Waals surface area contributed by atoms with Gasteiger partial charge in [0.1, 0.15) is 0 Å². The fourth-order valence-corrected chi connectivity index (χ4v) is 0.841. The molecule has 68 valence electrons. The van der Waals surface area contributed by atoms with Crippen LogP contribution in [0.1, 0.15) is 5.56 Å². The smallest absolute Gasteiger partial charge is 0.307 e. The van der Waals surface area contributed by atoms with Gasteiger partial charge in [0.2, 0.25) is 0 Å². The van der Waals surface area contributed by atoms with E-state index in [1.54, 1.807) is 24.3 Å². The van der Waals surface area contributed by atoms with E-state index < -0.39 is 6.03 Å². The minimum absolute atomic E-state index is 0.510. The van der Waals surface area contributed by atoms with Crippen LogP contribution in [0.4, 0.5) is 10.5 Å². The molecule has 2 N–H and O–H groups in total. The topological polar surface area (TPSA) is 88.7 Å². The molecule has 0 unspecified atom stereocenters. The van der Waals surface area contributed by atoms with Crippen LogP contribution in [0.5, 0.6) is 0 Å². The first-order valence-electron chi connectivity index (χ1n) is 3.72. The minimum atomic E-state index is -0.600. The van der Waals surface area contributed by atoms with Crippen LogP contribution in [0, 0.1) is 22.8 Å². The average Bonchev–Trinajstić information content (AvgIpc) is 2.19. The second-order valence-corrected chi connectivity index (χ2v) is 2.38. The van der Waals surface area contributed by atoms with E-state index in [0.29, 0.717) is 11.3 Å². The van der Waals surface area contributed by atoms with Crippen molar-refractivity contribution >= 4 is 11.7 Å². The summed E-state index contributed by atoms with van der Waals surface area (Å²) < 4.78 is 0. The third-order valence-corrected chi connectivity index (χ3v) is 1.44. The lowest BCUT2D eigenvalue weighted by Gasteiger charge is -2.01. The fourth-order valence-electron chi connectivity index (χ4n) is 0.841. The number of urea groups is 1. The summed E-state index contributed by atoms with van der Waals surface area (Å²) in [5.41, 5.74) is 1.04. The van der Waals surface area contributed by atoms with Gasteiger partial charge < -0.3 is 5.32 Å². The highest BCUT2D eigenvalue weighted by atomic mass is 16.2. The van der Waals surface area contributed by atoms with Gasteiger partial charge in [-0.3, -0.25) is 0 Å². The zero-order chi connectivity index (χ0) is 10.4. The number of anilines is 1. The Kier molecular flexibility index (Phi) is 3.06. The van der Waals surface area contributed by atoms with Crippen molar-refractivity contribution in [1.29, 1.82) is 10.5 Å². The highest BCUT2D eigenvalue weighted by Gasteiger charge is 1.99. The molecule has 1 rings (SSSR count). The summed E-state index contributed by atoms with van der Waals surface area (Å²) >= 11 is 0. The predicted octanol–water partition coefficient (Wildman–Crippen LogP) is 1.16. The fraction of sp³-hybridized carbons (Fsp3) is 0. The summed E-state index contributed by atoms with van der Waals surface area (Å²) in [6, 6.07) is 7.65. The number of nitrogens with one attached hydrogen (secondary N) is 2. The van der Waals surface area contributed by atoms with Crippen LogP contribution in [0.15, 0.2) is 24.3 Å². The maximum Gasteiger partial charge on any atom is 0.332 e. The van der Waals surface area contributed by atoms with Gasteiger partial charge >= 0.3 is 6.03 Å². The van der Waals surface area contributed by atoms with Crippen molar-refractivity contribution < 1.29 is 4.79 Å². The van der Waals surface area contributed by atoms with E-state index in [2.05, 4.69) is 5.32 Å². The number of rotatable bonds is 1. The monoisotopic (exact) mass is 186 g/mol. The summed E-state index contributed by atoms with van der Waals surface area (Å²) in [6.45, 7) is 0. The van der Waals surface area contributed by atoms with Gasteiger partial charge in [-0.25, -0.2) is 10.1 Å². The quantitative estimate of drug-likeness (QED) is 0.509. The van der Waals surface area contributed by atoms with E-state index in [-0.39, 0.29) is 0 Å². The lowest BCUT2D eigenvalue weighted by atomic mass is 10.2. The Bertz CT molecular complexity index is 410. The van der Waals surface area contributed by atoms with Gasteiger partial charge in [0.15, 0.2) is 6.19 Å². The Hall–Kier alpha value is -2.53. The van der Waals surface area contributed by atoms with Crippen molar-refractivity contribution in [2.75, 3.05) is 5.32 Å². The van der Waals surface area contributed by atoms with Gasteiger partial charge in [0.25, 0.3) is 0 Å². The highest BCUT2D eigenvalue weighted by Crippen LogP contribution is 2.07. The number of hydrogen-bond donors (Lipinski definition) is 2. The third-order valence-electron chi connectivity index (χ3n) is 1.44. The van der Waals surface area contributed by atoms with Crippen LogP contribution in [0.25, 0.3) is 0 Å². The molecule has 0 saturated carbocycles. The summed E-state index contributed by atoms with van der Waals surface area (Å²) in [7, 11) is 0. The minimum Gasteiger partial charge on any atom is -0.307 e. The molecule has 14 heavy (non-hydrogen) atoms. The van der Waals surface area contributed by atoms with Crippen molar-refractivity contribution in [2.24, 2.45) is 0 Å². The van der Waals surface area contributed by atoms with Gasteiger partial charge in [-0.15, -0.1) is 0 Å². The van der Waals surface area contributed by atoms with Gasteiger partial charge in [-0.1, -0.05) is 0 Å². The van der Waals surface area contributed by atoms with Crippen molar-refractivity contribution in [1.82, 2.24) is 5.32 Å². The number of carbonyl (C=O) groups excluding carboxylic acids is 1. The molecule has 1 aromatic carbocycles. The van der Waals surface area contributed by atoms with Crippen molar-refractivity contribution in [2.45, 2.75) is 0 Å². The standard InChI is InChI=1S/C9H6N4O/c10-5-7-1-3-8(4-2-7)13-9(14)12-6-11/h1-4H,(H2,12,13,14). The van der Waals surface area contributed by atoms with Crippen LogP contribution in [-0.2, 0) is 0 Å². The second-order valence-electron chi connectivity index (χ2n) is 2.38. The summed E-state index contributed by atoms with van der Waals surface area (Å²) in [5.74, 6) is 0. The molecule has 0 heterocycles. The Morgan fingerprint density at radius 1 is 1.21 bits per heavy atom. The molecule has 0 radical (unpaired) electrons. The number of nitrogens with zero attached hydrogens (tertiary/aromatic N) is 2. The van der Waals surface area contributed by atoms with E-state index in [4.69, 9.17) is 10.5 Å². The molecule has 0 bridgehead atoms. The number of carbonyl (C=O) groups is 1. The third kappa shape index (κ3) is 2.50. The van der Waals surface area contributed by atoms with E-state index in [1.165, 1.54) is 6.19 Å². The number of nitriles is 2. The van der Waals surface area contributed by atoms with Crippen LogP contribution in [-0.4, -0.2) is 6.03 Å². The molecule has 5 nitrogen and oxygen atoms in total. The Morgan fingerprint density at radius 3 is 2.36 bits per heavy atom. The predicted molar refractivity (Wildman–Crippen MR) is 48.9 cm³/mol. The first-order chi connectivity index (χ1) is 6.76. The van der Waals surface area contributed by atoms with Crippen molar-refractivity contribution in [3.63, 3.8) is 0 Å². The summed E-state index contributed by atoms with van der Waals surface area (Å²) in [4.78, 5) is 10.9. The van der Waals surface area contributed by atoms with Gasteiger partial charge in [-0.05, 0) is 24.3 Å². The Morgan fingerprint density at radius 2 is 1.86 bits per heavy atom. The lowest BCUT2D eigenvalue weighted by molar-refractivity contribution is 0.255. The average molecular weight is 186 g/mol. The normalized spacial score (nSPS) is 8.14. The van der Waals surface area contributed by atoms with Gasteiger partial charge in [0, 0.05) is 5.69 Å². The molecule has 0 aromatic heterocycles. The number of amides is 2. The molecule has 1 aromatic rings. The van der Waals surface area contributed by atoms with Crippen LogP contribution in [0.3, 0.4) is 0 Å². The maximum atomic E-state index is 10.9. The molecule has 2 amide bonds. The van der Waals surface area contributed by atoms with Crippen LogP contribution >= 0.6 is 0 Å². The highest BCUT2D eigenvalue weighted by molar-refractivity contribution is 5.90. The molecule has 0 aliphatic rings. The Labute approximate surface area is 80.6 Å². The Balaban J connectivity index is 2.66. The van der Waals surface area contributed by atoms with E-state index in [1.807, 2.05) is 11.4 Å². The lowest BCUT2D eigenvalue weighted by Crippen LogP contribution is -2.23. The molecular formula is C9H6N4O. The number of hydrogen-bond acceptors (Lipinski definition) is 3. The zero-order valence-electron chi connectivity index (χ0n) is 7.11.